The minimum absolute atomic E-state index is 0.0303. The van der Waals surface area contributed by atoms with Crippen LogP contribution in [0.25, 0.3) is 5.69 Å². The van der Waals surface area contributed by atoms with Gasteiger partial charge in [0.1, 0.15) is 11.4 Å². The fourth-order valence-corrected chi connectivity index (χ4v) is 3.86. The van der Waals surface area contributed by atoms with Crippen molar-refractivity contribution in [2.75, 3.05) is 6.54 Å². The van der Waals surface area contributed by atoms with E-state index in [-0.39, 0.29) is 24.0 Å². The lowest BCUT2D eigenvalue weighted by molar-refractivity contribution is -0.125. The zero-order valence-electron chi connectivity index (χ0n) is 14.9. The van der Waals surface area contributed by atoms with Crippen molar-refractivity contribution in [3.05, 3.63) is 42.0 Å². The average molecular weight is 386 g/mol. The Hall–Kier alpha value is -3.30. The number of amides is 4. The summed E-state index contributed by atoms with van der Waals surface area (Å²) >= 11 is 0. The van der Waals surface area contributed by atoms with Crippen molar-refractivity contribution in [2.24, 2.45) is 5.92 Å². The molecular weight excluding hydrogens is 367 g/mol. The number of nitrogens with one attached hydrogen (secondary N) is 3. The van der Waals surface area contributed by atoms with Gasteiger partial charge < -0.3 is 10.6 Å². The lowest BCUT2D eigenvalue weighted by Crippen LogP contribution is -2.59. The summed E-state index contributed by atoms with van der Waals surface area (Å²) in [6.07, 6.45) is 4.87. The van der Waals surface area contributed by atoms with Crippen molar-refractivity contribution < 1.29 is 18.8 Å². The highest BCUT2D eigenvalue weighted by Crippen LogP contribution is 2.35. The molecule has 9 nitrogen and oxygen atoms in total. The highest BCUT2D eigenvalue weighted by molar-refractivity contribution is 6.07. The number of benzene rings is 1. The van der Waals surface area contributed by atoms with E-state index in [1.807, 2.05) is 0 Å². The molecular formula is C18H19FN6O3. The van der Waals surface area contributed by atoms with Crippen molar-refractivity contribution in [1.29, 1.82) is 0 Å². The number of hydrogen-bond donors (Lipinski definition) is 3. The van der Waals surface area contributed by atoms with Crippen molar-refractivity contribution in [3.8, 4) is 5.69 Å². The third-order valence-electron chi connectivity index (χ3n) is 5.33. The molecule has 1 aliphatic heterocycles. The molecule has 1 unspecified atom stereocenters. The normalized spacial score (nSPS) is 22.2. The molecule has 2 fully saturated rings. The zero-order valence-corrected chi connectivity index (χ0v) is 14.9. The van der Waals surface area contributed by atoms with Crippen molar-refractivity contribution in [1.82, 2.24) is 30.9 Å². The van der Waals surface area contributed by atoms with Gasteiger partial charge in [0.25, 0.3) is 11.8 Å². The Morgan fingerprint density at radius 1 is 1.25 bits per heavy atom. The van der Waals surface area contributed by atoms with E-state index in [2.05, 4.69) is 26.1 Å². The fraction of sp³-hybridized carbons (Fsp3) is 0.389. The predicted octanol–water partition coefficient (Wildman–Crippen LogP) is 0.905. The minimum atomic E-state index is -1.14. The molecule has 28 heavy (non-hydrogen) atoms. The van der Waals surface area contributed by atoms with Gasteiger partial charge in [-0.25, -0.2) is 9.18 Å². The molecule has 4 rings (SSSR count). The number of urea groups is 1. The monoisotopic (exact) mass is 386 g/mol. The fourth-order valence-electron chi connectivity index (χ4n) is 3.86. The van der Waals surface area contributed by atoms with Crippen LogP contribution in [-0.4, -0.2) is 44.9 Å². The average Bonchev–Trinajstić information content (AvgIpc) is 3.41. The first-order chi connectivity index (χ1) is 13.5. The second-order valence-electron chi connectivity index (χ2n) is 7.04. The molecule has 0 bridgehead atoms. The number of carbonyl (C=O) groups excluding carboxylic acids is 3. The van der Waals surface area contributed by atoms with E-state index in [0.717, 1.165) is 25.7 Å². The van der Waals surface area contributed by atoms with Gasteiger partial charge in [0, 0.05) is 0 Å². The topological polar surface area (TPSA) is 118 Å². The maximum Gasteiger partial charge on any atom is 0.322 e. The van der Waals surface area contributed by atoms with Crippen molar-refractivity contribution in [3.63, 3.8) is 0 Å². The molecule has 2 heterocycles. The molecule has 2 aromatic rings. The van der Waals surface area contributed by atoms with Crippen LogP contribution in [0.15, 0.2) is 30.5 Å². The minimum Gasteiger partial charge on any atom is -0.348 e. The van der Waals surface area contributed by atoms with Gasteiger partial charge in [-0.2, -0.15) is 9.90 Å². The number of rotatable bonds is 5. The first-order valence-corrected chi connectivity index (χ1v) is 9.08. The summed E-state index contributed by atoms with van der Waals surface area (Å²) in [5.74, 6) is -1.35. The summed E-state index contributed by atoms with van der Waals surface area (Å²) in [6.45, 7) is -0.0303. The van der Waals surface area contributed by atoms with E-state index < -0.39 is 23.4 Å². The SMILES string of the molecule is O=C1NC(=O)C(CNC(=O)c2cnn(-c3ccc(F)cc3)n2)(C2CCCC2)N1. The highest BCUT2D eigenvalue weighted by Gasteiger charge is 2.52. The first-order valence-electron chi connectivity index (χ1n) is 9.08. The number of halogens is 1. The van der Waals surface area contributed by atoms with E-state index in [1.165, 1.54) is 35.3 Å². The summed E-state index contributed by atoms with van der Waals surface area (Å²) in [6, 6.07) is 4.97. The third-order valence-corrected chi connectivity index (χ3v) is 5.33. The Balaban J connectivity index is 1.48. The van der Waals surface area contributed by atoms with Crippen LogP contribution in [0.1, 0.15) is 36.2 Å². The summed E-state index contributed by atoms with van der Waals surface area (Å²) < 4.78 is 13.0. The van der Waals surface area contributed by atoms with Gasteiger partial charge in [-0.1, -0.05) is 12.8 Å². The Kier molecular flexibility index (Phi) is 4.54. The second kappa shape index (κ2) is 7.02. The molecule has 0 radical (unpaired) electrons. The molecule has 1 saturated heterocycles. The quantitative estimate of drug-likeness (QED) is 0.660. The molecule has 10 heteroatoms. The van der Waals surface area contributed by atoms with Crippen LogP contribution < -0.4 is 16.0 Å². The molecule has 146 valence electrons. The van der Waals surface area contributed by atoms with Gasteiger partial charge in [0.15, 0.2) is 5.69 Å². The van der Waals surface area contributed by atoms with Gasteiger partial charge in [-0.3, -0.25) is 14.9 Å². The Bertz CT molecular complexity index is 922. The number of nitrogens with zero attached hydrogens (tertiary/aromatic N) is 3. The van der Waals surface area contributed by atoms with E-state index in [0.29, 0.717) is 5.69 Å². The van der Waals surface area contributed by atoms with Crippen LogP contribution in [0.2, 0.25) is 0 Å². The number of imide groups is 1. The van der Waals surface area contributed by atoms with E-state index >= 15 is 0 Å². The maximum atomic E-state index is 13.0. The highest BCUT2D eigenvalue weighted by atomic mass is 19.1. The van der Waals surface area contributed by atoms with Crippen LogP contribution in [-0.2, 0) is 4.79 Å². The van der Waals surface area contributed by atoms with Crippen LogP contribution in [0, 0.1) is 11.7 Å². The molecule has 1 aromatic carbocycles. The van der Waals surface area contributed by atoms with Crippen LogP contribution in [0.3, 0.4) is 0 Å². The zero-order chi connectivity index (χ0) is 19.7. The standard InChI is InChI=1S/C18H19FN6O3/c19-12-5-7-13(8-6-12)25-21-9-14(24-25)15(26)20-10-18(11-3-1-2-4-11)16(27)22-17(28)23-18/h5-9,11H,1-4,10H2,(H,20,26)(H2,22,23,27,28). The van der Waals surface area contributed by atoms with Gasteiger partial charge in [-0.05, 0) is 43.0 Å². The first kappa shape index (κ1) is 18.1. The molecule has 3 N–H and O–H groups in total. The third kappa shape index (κ3) is 3.21. The van der Waals surface area contributed by atoms with Gasteiger partial charge >= 0.3 is 6.03 Å². The largest absolute Gasteiger partial charge is 0.348 e. The maximum absolute atomic E-state index is 13.0. The van der Waals surface area contributed by atoms with Gasteiger partial charge in [0.05, 0.1) is 18.4 Å². The molecule has 1 saturated carbocycles. The molecule has 1 aliphatic carbocycles. The van der Waals surface area contributed by atoms with E-state index in [4.69, 9.17) is 0 Å². The molecule has 1 atom stereocenters. The lowest BCUT2D eigenvalue weighted by atomic mass is 9.82. The van der Waals surface area contributed by atoms with Gasteiger partial charge in [-0.15, -0.1) is 5.10 Å². The Labute approximate surface area is 159 Å². The summed E-state index contributed by atoms with van der Waals surface area (Å²) in [7, 11) is 0. The van der Waals surface area contributed by atoms with Crippen molar-refractivity contribution >= 4 is 17.8 Å². The van der Waals surface area contributed by atoms with Crippen LogP contribution in [0.5, 0.6) is 0 Å². The Morgan fingerprint density at radius 3 is 2.61 bits per heavy atom. The smallest absolute Gasteiger partial charge is 0.322 e. The molecule has 1 aromatic heterocycles. The summed E-state index contributed by atoms with van der Waals surface area (Å²) in [4.78, 5) is 37.9. The number of carbonyl (C=O) groups is 3. The van der Waals surface area contributed by atoms with Crippen LogP contribution >= 0.6 is 0 Å². The van der Waals surface area contributed by atoms with Crippen LogP contribution in [0.4, 0.5) is 9.18 Å². The molecule has 0 spiro atoms. The van der Waals surface area contributed by atoms with E-state index in [1.54, 1.807) is 0 Å². The van der Waals surface area contributed by atoms with E-state index in [9.17, 15) is 18.8 Å². The number of aromatic nitrogens is 3. The predicted molar refractivity (Wildman–Crippen MR) is 95.0 cm³/mol. The van der Waals surface area contributed by atoms with Gasteiger partial charge in [0.2, 0.25) is 0 Å². The molecule has 2 aliphatic rings. The number of hydrogen-bond acceptors (Lipinski definition) is 5. The summed E-state index contributed by atoms with van der Waals surface area (Å²) in [5, 5.41) is 15.8. The Morgan fingerprint density at radius 2 is 1.96 bits per heavy atom. The van der Waals surface area contributed by atoms with Crippen molar-refractivity contribution in [2.45, 2.75) is 31.2 Å². The molecule has 4 amide bonds. The lowest BCUT2D eigenvalue weighted by Gasteiger charge is -2.32. The second-order valence-corrected chi connectivity index (χ2v) is 7.04. The summed E-state index contributed by atoms with van der Waals surface area (Å²) in [5.41, 5.74) is -0.586.